The fourth-order valence-electron chi connectivity index (χ4n) is 4.13. The molecule has 1 aliphatic rings. The molecule has 3 heterocycles. The van der Waals surface area contributed by atoms with E-state index < -0.39 is 11.7 Å². The molecule has 1 aliphatic heterocycles. The molecule has 1 aromatic carbocycles. The van der Waals surface area contributed by atoms with Crippen LogP contribution in [0, 0.1) is 6.92 Å². The molecule has 2 aromatic heterocycles. The average molecular weight is 473 g/mol. The minimum atomic E-state index is -4.46. The van der Waals surface area contributed by atoms with Crippen LogP contribution in [0.1, 0.15) is 52.5 Å². The van der Waals surface area contributed by atoms with Crippen molar-refractivity contribution in [2.24, 2.45) is 0 Å². The molecule has 1 fully saturated rings. The van der Waals surface area contributed by atoms with Crippen molar-refractivity contribution in [3.8, 4) is 5.82 Å². The first kappa shape index (κ1) is 23.9. The molecule has 3 aromatic rings. The molecule has 4 rings (SSSR count). The van der Waals surface area contributed by atoms with Gasteiger partial charge in [0.15, 0.2) is 5.82 Å². The number of alkyl halides is 3. The fourth-order valence-corrected chi connectivity index (χ4v) is 4.13. The van der Waals surface area contributed by atoms with Gasteiger partial charge < -0.3 is 4.90 Å². The molecular weight excluding hydrogens is 445 g/mol. The summed E-state index contributed by atoms with van der Waals surface area (Å²) >= 11 is 0. The van der Waals surface area contributed by atoms with Crippen molar-refractivity contribution in [3.63, 3.8) is 0 Å². The van der Waals surface area contributed by atoms with Crippen LogP contribution in [-0.4, -0.2) is 45.2 Å². The number of nitrogens with one attached hydrogen (secondary N) is 2. The molecule has 180 valence electrons. The number of hydrogen-bond donors (Lipinski definition) is 2. The van der Waals surface area contributed by atoms with Crippen LogP contribution in [0.3, 0.4) is 0 Å². The van der Waals surface area contributed by atoms with Gasteiger partial charge in [0, 0.05) is 31.9 Å². The molecule has 0 spiro atoms. The second kappa shape index (κ2) is 9.94. The summed E-state index contributed by atoms with van der Waals surface area (Å²) in [4.78, 5) is 18.4. The second-order valence-corrected chi connectivity index (χ2v) is 8.51. The number of nitrogens with zero attached hydrogens (tertiary/aromatic N) is 4. The number of pyridine rings is 1. The second-order valence-electron chi connectivity index (χ2n) is 8.51. The quantitative estimate of drug-likeness (QED) is 0.543. The van der Waals surface area contributed by atoms with Crippen molar-refractivity contribution in [2.75, 3.05) is 13.6 Å². The molecule has 0 bridgehead atoms. The van der Waals surface area contributed by atoms with Crippen LogP contribution in [0.5, 0.6) is 0 Å². The number of rotatable bonds is 7. The van der Waals surface area contributed by atoms with Crippen molar-refractivity contribution >= 4 is 5.91 Å². The van der Waals surface area contributed by atoms with Gasteiger partial charge in [0.25, 0.3) is 5.91 Å². The van der Waals surface area contributed by atoms with E-state index >= 15 is 0 Å². The third-order valence-electron chi connectivity index (χ3n) is 6.11. The maximum absolute atomic E-state index is 12.9. The van der Waals surface area contributed by atoms with E-state index in [-0.39, 0.29) is 17.8 Å². The molecule has 1 saturated heterocycles. The maximum Gasteiger partial charge on any atom is 0.417 e. The number of hydrogen-bond acceptors (Lipinski definition) is 5. The van der Waals surface area contributed by atoms with Crippen molar-refractivity contribution in [2.45, 2.75) is 44.4 Å². The largest absolute Gasteiger partial charge is 0.417 e. The van der Waals surface area contributed by atoms with Crippen LogP contribution in [0.25, 0.3) is 5.82 Å². The predicted octanol–water partition coefficient (Wildman–Crippen LogP) is 4.05. The zero-order valence-corrected chi connectivity index (χ0v) is 19.0. The topological polar surface area (TPSA) is 75.1 Å². The Morgan fingerprint density at radius 1 is 1.15 bits per heavy atom. The molecule has 2 unspecified atom stereocenters. The lowest BCUT2D eigenvalue weighted by Crippen LogP contribution is -2.32. The summed E-state index contributed by atoms with van der Waals surface area (Å²) in [5.41, 5.74) is 8.01. The zero-order chi connectivity index (χ0) is 24.3. The zero-order valence-electron chi connectivity index (χ0n) is 19.0. The normalized spacial score (nSPS) is 18.3. The Labute approximate surface area is 196 Å². The Morgan fingerprint density at radius 3 is 2.59 bits per heavy atom. The summed E-state index contributed by atoms with van der Waals surface area (Å²) in [5.74, 6) is 0.0373. The molecule has 0 aliphatic carbocycles. The van der Waals surface area contributed by atoms with Crippen molar-refractivity contribution in [3.05, 3.63) is 77.2 Å². The van der Waals surface area contributed by atoms with E-state index in [2.05, 4.69) is 33.1 Å². The van der Waals surface area contributed by atoms with E-state index in [9.17, 15) is 18.0 Å². The number of halogens is 3. The van der Waals surface area contributed by atoms with E-state index in [4.69, 9.17) is 0 Å². The SMILES string of the molecule is Cc1c(C(=O)N(C)CCCC2CC(c3ccccc3)NN2)cnn1-c1ccc(C(F)(F)F)cn1. The van der Waals surface area contributed by atoms with Crippen molar-refractivity contribution in [1.29, 1.82) is 0 Å². The first-order chi connectivity index (χ1) is 16.2. The lowest BCUT2D eigenvalue weighted by Gasteiger charge is -2.18. The smallest absolute Gasteiger partial charge is 0.342 e. The molecule has 2 atom stereocenters. The van der Waals surface area contributed by atoms with E-state index in [0.29, 0.717) is 23.8 Å². The first-order valence-corrected chi connectivity index (χ1v) is 11.1. The van der Waals surface area contributed by atoms with Gasteiger partial charge in [-0.15, -0.1) is 0 Å². The maximum atomic E-state index is 12.9. The molecular formula is C24H27F3N6O. The van der Waals surface area contributed by atoms with Crippen LogP contribution >= 0.6 is 0 Å². The summed E-state index contributed by atoms with van der Waals surface area (Å²) in [5, 5.41) is 4.17. The van der Waals surface area contributed by atoms with Crippen LogP contribution in [-0.2, 0) is 6.18 Å². The van der Waals surface area contributed by atoms with Crippen LogP contribution in [0.2, 0.25) is 0 Å². The minimum Gasteiger partial charge on any atom is -0.342 e. The monoisotopic (exact) mass is 472 g/mol. The average Bonchev–Trinajstić information content (AvgIpc) is 3.45. The van der Waals surface area contributed by atoms with Gasteiger partial charge in [0.05, 0.1) is 23.0 Å². The number of benzene rings is 1. The summed E-state index contributed by atoms with van der Waals surface area (Å²) in [6.45, 7) is 2.28. The van der Waals surface area contributed by atoms with Gasteiger partial charge >= 0.3 is 6.18 Å². The van der Waals surface area contributed by atoms with E-state index in [0.717, 1.165) is 31.5 Å². The van der Waals surface area contributed by atoms with E-state index in [1.807, 2.05) is 18.2 Å². The molecule has 0 radical (unpaired) electrons. The third kappa shape index (κ3) is 5.28. The van der Waals surface area contributed by atoms with Gasteiger partial charge in [0.1, 0.15) is 0 Å². The number of hydrazine groups is 1. The molecule has 10 heteroatoms. The van der Waals surface area contributed by atoms with Crippen molar-refractivity contribution < 1.29 is 18.0 Å². The first-order valence-electron chi connectivity index (χ1n) is 11.1. The summed E-state index contributed by atoms with van der Waals surface area (Å²) in [7, 11) is 1.74. The number of amides is 1. The van der Waals surface area contributed by atoms with Crippen molar-refractivity contribution in [1.82, 2.24) is 30.5 Å². The van der Waals surface area contributed by atoms with Crippen LogP contribution in [0.4, 0.5) is 13.2 Å². The molecule has 7 nitrogen and oxygen atoms in total. The Bertz CT molecular complexity index is 1110. The Hall–Kier alpha value is -3.24. The van der Waals surface area contributed by atoms with Gasteiger partial charge in [-0.05, 0) is 43.9 Å². The minimum absolute atomic E-state index is 0.185. The lowest BCUT2D eigenvalue weighted by molar-refractivity contribution is -0.137. The lowest BCUT2D eigenvalue weighted by atomic mass is 10.00. The Kier molecular flexibility index (Phi) is 6.99. The number of carbonyl (C=O) groups excluding carboxylic acids is 1. The highest BCUT2D eigenvalue weighted by atomic mass is 19.4. The summed E-state index contributed by atoms with van der Waals surface area (Å²) in [6.07, 6.45) is 0.464. The van der Waals surface area contributed by atoms with E-state index in [1.54, 1.807) is 18.9 Å². The summed E-state index contributed by atoms with van der Waals surface area (Å²) in [6, 6.07) is 13.1. The van der Waals surface area contributed by atoms with Crippen LogP contribution in [0.15, 0.2) is 54.9 Å². The highest BCUT2D eigenvalue weighted by Gasteiger charge is 2.31. The Balaban J connectivity index is 1.31. The molecule has 0 saturated carbocycles. The Morgan fingerprint density at radius 2 is 1.91 bits per heavy atom. The van der Waals surface area contributed by atoms with E-state index in [1.165, 1.54) is 22.5 Å². The highest BCUT2D eigenvalue weighted by Crippen LogP contribution is 2.29. The van der Waals surface area contributed by atoms with Gasteiger partial charge in [-0.1, -0.05) is 30.3 Å². The highest BCUT2D eigenvalue weighted by molar-refractivity contribution is 5.95. The summed E-state index contributed by atoms with van der Waals surface area (Å²) < 4.78 is 39.7. The third-order valence-corrected chi connectivity index (χ3v) is 6.11. The molecule has 34 heavy (non-hydrogen) atoms. The fraction of sp³-hybridized carbons (Fsp3) is 0.375. The predicted molar refractivity (Wildman–Crippen MR) is 121 cm³/mol. The molecule has 2 N–H and O–H groups in total. The number of carbonyl (C=O) groups is 1. The standard InChI is InChI=1S/C24H27F3N6O/c1-16-20(15-29-33(16)22-11-10-18(14-28-22)24(25,26)27)23(34)32(2)12-6-9-19-13-21(31-30-19)17-7-4-3-5-8-17/h3-5,7-8,10-11,14-15,19,21,30-31H,6,9,12-13H2,1-2H3. The van der Waals surface area contributed by atoms with Gasteiger partial charge in [-0.3, -0.25) is 15.6 Å². The van der Waals surface area contributed by atoms with Gasteiger partial charge in [0.2, 0.25) is 0 Å². The van der Waals surface area contributed by atoms with Gasteiger partial charge in [-0.2, -0.15) is 18.3 Å². The molecule has 1 amide bonds. The van der Waals surface area contributed by atoms with Crippen LogP contribution < -0.4 is 10.9 Å². The number of aromatic nitrogens is 3. The van der Waals surface area contributed by atoms with Gasteiger partial charge in [-0.25, -0.2) is 9.67 Å².